The lowest BCUT2D eigenvalue weighted by Crippen LogP contribution is -2.04. The van der Waals surface area contributed by atoms with Gasteiger partial charge in [0.2, 0.25) is 9.05 Å². The third kappa shape index (κ3) is 5.14. The van der Waals surface area contributed by atoms with E-state index in [-0.39, 0.29) is 18.2 Å². The fourth-order valence-electron chi connectivity index (χ4n) is 0.988. The minimum atomic E-state index is -3.47. The van der Waals surface area contributed by atoms with Crippen LogP contribution in [0, 0.1) is 5.82 Å². The van der Waals surface area contributed by atoms with Gasteiger partial charge in [0.25, 0.3) is 0 Å². The first-order chi connectivity index (χ1) is 7.38. The van der Waals surface area contributed by atoms with Gasteiger partial charge in [-0.25, -0.2) is 12.8 Å². The smallest absolute Gasteiger partial charge is 0.232 e. The lowest BCUT2D eigenvalue weighted by molar-refractivity contribution is 0.317. The molecule has 0 aliphatic carbocycles. The molecule has 0 heterocycles. The van der Waals surface area contributed by atoms with Crippen molar-refractivity contribution in [3.8, 4) is 5.75 Å². The molecule has 1 aromatic carbocycles. The summed E-state index contributed by atoms with van der Waals surface area (Å²) in [6.45, 7) is 0.212. The van der Waals surface area contributed by atoms with Gasteiger partial charge in [-0.15, -0.1) is 0 Å². The minimum Gasteiger partial charge on any atom is -0.494 e. The Hall–Kier alpha value is -0.330. The molecule has 0 aliphatic rings. The summed E-state index contributed by atoms with van der Waals surface area (Å²) in [4.78, 5) is 0. The van der Waals surface area contributed by atoms with E-state index < -0.39 is 9.05 Å². The summed E-state index contributed by atoms with van der Waals surface area (Å²) >= 11 is 3.01. The zero-order valence-electron chi connectivity index (χ0n) is 8.12. The van der Waals surface area contributed by atoms with Crippen LogP contribution in [0.15, 0.2) is 22.7 Å². The normalized spacial score (nSPS) is 11.4. The summed E-state index contributed by atoms with van der Waals surface area (Å²) in [7, 11) is 1.55. The average molecular weight is 332 g/mol. The van der Waals surface area contributed by atoms with Crippen LogP contribution in [-0.2, 0) is 9.05 Å². The van der Waals surface area contributed by atoms with Gasteiger partial charge in [-0.05, 0) is 40.5 Å². The van der Waals surface area contributed by atoms with E-state index in [0.717, 1.165) is 0 Å². The number of rotatable bonds is 5. The van der Waals surface area contributed by atoms with Crippen molar-refractivity contribution in [3.05, 3.63) is 28.5 Å². The molecule has 0 N–H and O–H groups in total. The van der Waals surface area contributed by atoms with Gasteiger partial charge in [-0.2, -0.15) is 0 Å². The fourth-order valence-corrected chi connectivity index (χ4v) is 2.14. The third-order valence-electron chi connectivity index (χ3n) is 1.69. The Labute approximate surface area is 106 Å². The standard InChI is InChI=1S/C9H9BrClFO3S/c10-8-6-7(2-3-9(8)12)15-4-1-5-16(11,13)14/h2-3,6H,1,4-5H2. The van der Waals surface area contributed by atoms with Crippen LogP contribution in [0.4, 0.5) is 4.39 Å². The number of ether oxygens (including phenoxy) is 1. The fraction of sp³-hybridized carbons (Fsp3) is 0.333. The highest BCUT2D eigenvalue weighted by molar-refractivity contribution is 9.10. The maximum absolute atomic E-state index is 12.8. The second kappa shape index (κ2) is 5.84. The summed E-state index contributed by atoms with van der Waals surface area (Å²) in [6.07, 6.45) is 0.292. The zero-order valence-corrected chi connectivity index (χ0v) is 11.3. The van der Waals surface area contributed by atoms with Crippen LogP contribution < -0.4 is 4.74 Å². The molecule has 0 bridgehead atoms. The van der Waals surface area contributed by atoms with Gasteiger partial charge in [-0.3, -0.25) is 0 Å². The van der Waals surface area contributed by atoms with Gasteiger partial charge >= 0.3 is 0 Å². The van der Waals surface area contributed by atoms with Crippen molar-refractivity contribution in [3.63, 3.8) is 0 Å². The first-order valence-electron chi connectivity index (χ1n) is 4.39. The molecule has 7 heteroatoms. The van der Waals surface area contributed by atoms with Gasteiger partial charge in [0.1, 0.15) is 11.6 Å². The number of hydrogen-bond acceptors (Lipinski definition) is 3. The molecule has 0 atom stereocenters. The number of hydrogen-bond donors (Lipinski definition) is 0. The molecule has 16 heavy (non-hydrogen) atoms. The van der Waals surface area contributed by atoms with Crippen molar-refractivity contribution in [1.82, 2.24) is 0 Å². The monoisotopic (exact) mass is 330 g/mol. The summed E-state index contributed by atoms with van der Waals surface area (Å²) < 4.78 is 39.6. The van der Waals surface area contributed by atoms with Crippen molar-refractivity contribution in [1.29, 1.82) is 0 Å². The van der Waals surface area contributed by atoms with Crippen molar-refractivity contribution >= 4 is 35.7 Å². The van der Waals surface area contributed by atoms with E-state index in [1.54, 1.807) is 0 Å². The first-order valence-corrected chi connectivity index (χ1v) is 7.66. The molecule has 0 spiro atoms. The van der Waals surface area contributed by atoms with E-state index in [4.69, 9.17) is 15.4 Å². The molecule has 0 aliphatic heterocycles. The predicted octanol–water partition coefficient (Wildman–Crippen LogP) is 2.93. The zero-order chi connectivity index (χ0) is 12.2. The Bertz CT molecular complexity index is 464. The van der Waals surface area contributed by atoms with Gasteiger partial charge in [0.05, 0.1) is 16.8 Å². The number of benzene rings is 1. The Balaban J connectivity index is 2.41. The highest BCUT2D eigenvalue weighted by atomic mass is 79.9. The van der Waals surface area contributed by atoms with Crippen molar-refractivity contribution < 1.29 is 17.5 Å². The Morgan fingerprint density at radius 2 is 2.12 bits per heavy atom. The van der Waals surface area contributed by atoms with Crippen LogP contribution in [0.5, 0.6) is 5.75 Å². The molecule has 1 aromatic rings. The van der Waals surface area contributed by atoms with Crippen LogP contribution in [0.25, 0.3) is 0 Å². The van der Waals surface area contributed by atoms with Crippen LogP contribution in [0.1, 0.15) is 6.42 Å². The quantitative estimate of drug-likeness (QED) is 0.615. The van der Waals surface area contributed by atoms with Crippen molar-refractivity contribution in [2.24, 2.45) is 0 Å². The van der Waals surface area contributed by atoms with Gasteiger partial charge < -0.3 is 4.74 Å². The van der Waals surface area contributed by atoms with Crippen molar-refractivity contribution in [2.75, 3.05) is 12.4 Å². The molecule has 0 radical (unpaired) electrons. The van der Waals surface area contributed by atoms with E-state index in [9.17, 15) is 12.8 Å². The van der Waals surface area contributed by atoms with Crippen LogP contribution in [0.2, 0.25) is 0 Å². The molecular weight excluding hydrogens is 323 g/mol. The molecule has 0 saturated heterocycles. The minimum absolute atomic E-state index is 0.142. The Morgan fingerprint density at radius 1 is 1.44 bits per heavy atom. The second-order valence-corrected chi connectivity index (χ2v) is 6.77. The van der Waals surface area contributed by atoms with Gasteiger partial charge in [0.15, 0.2) is 0 Å². The van der Waals surface area contributed by atoms with Gasteiger partial charge in [0, 0.05) is 10.7 Å². The molecule has 3 nitrogen and oxygen atoms in total. The summed E-state index contributed by atoms with van der Waals surface area (Å²) in [6, 6.07) is 4.21. The molecular formula is C9H9BrClFO3S. The van der Waals surface area contributed by atoms with E-state index in [0.29, 0.717) is 16.6 Å². The maximum atomic E-state index is 12.8. The molecule has 0 fully saturated rings. The lowest BCUT2D eigenvalue weighted by atomic mass is 10.3. The van der Waals surface area contributed by atoms with Crippen LogP contribution in [0.3, 0.4) is 0 Å². The molecule has 0 unspecified atom stereocenters. The predicted molar refractivity (Wildman–Crippen MR) is 63.9 cm³/mol. The average Bonchev–Trinajstić information content (AvgIpc) is 2.17. The van der Waals surface area contributed by atoms with Crippen LogP contribution >= 0.6 is 26.6 Å². The first kappa shape index (κ1) is 13.7. The third-order valence-corrected chi connectivity index (χ3v) is 3.54. The highest BCUT2D eigenvalue weighted by Gasteiger charge is 2.05. The summed E-state index contributed by atoms with van der Waals surface area (Å²) in [5.41, 5.74) is 0. The summed E-state index contributed by atoms with van der Waals surface area (Å²) in [5.74, 6) is -0.0485. The van der Waals surface area contributed by atoms with Crippen LogP contribution in [-0.4, -0.2) is 20.8 Å². The molecule has 0 aromatic heterocycles. The van der Waals surface area contributed by atoms with E-state index in [1.165, 1.54) is 18.2 Å². The molecule has 90 valence electrons. The maximum Gasteiger partial charge on any atom is 0.232 e. The highest BCUT2D eigenvalue weighted by Crippen LogP contribution is 2.21. The SMILES string of the molecule is O=S(=O)(Cl)CCCOc1ccc(F)c(Br)c1. The van der Waals surface area contributed by atoms with E-state index >= 15 is 0 Å². The summed E-state index contributed by atoms with van der Waals surface area (Å²) in [5, 5.41) is 0. The number of halogens is 3. The van der Waals surface area contributed by atoms with E-state index in [2.05, 4.69) is 15.9 Å². The Kier molecular flexibility index (Phi) is 5.01. The lowest BCUT2D eigenvalue weighted by Gasteiger charge is -2.05. The molecule has 1 rings (SSSR count). The Morgan fingerprint density at radius 3 is 2.69 bits per heavy atom. The van der Waals surface area contributed by atoms with Crippen molar-refractivity contribution in [2.45, 2.75) is 6.42 Å². The van der Waals surface area contributed by atoms with Gasteiger partial charge in [-0.1, -0.05) is 0 Å². The molecule has 0 amide bonds. The topological polar surface area (TPSA) is 43.4 Å². The second-order valence-electron chi connectivity index (χ2n) is 3.02. The molecule has 0 saturated carbocycles. The van der Waals surface area contributed by atoms with E-state index in [1.807, 2.05) is 0 Å². The largest absolute Gasteiger partial charge is 0.494 e.